The van der Waals surface area contributed by atoms with E-state index in [4.69, 9.17) is 0 Å². The summed E-state index contributed by atoms with van der Waals surface area (Å²) >= 11 is 0. The van der Waals surface area contributed by atoms with Gasteiger partial charge in [-0.25, -0.2) is 4.99 Å². The lowest BCUT2D eigenvalue weighted by molar-refractivity contribution is -0.130. The highest BCUT2D eigenvalue weighted by Gasteiger charge is 2.09. The predicted molar refractivity (Wildman–Crippen MR) is 119 cm³/mol. The molecule has 7 nitrogen and oxygen atoms in total. The van der Waals surface area contributed by atoms with Crippen LogP contribution in [0, 0.1) is 0 Å². The van der Waals surface area contributed by atoms with E-state index in [1.807, 2.05) is 57.4 Å². The minimum Gasteiger partial charge on any atom is -0.357 e. The van der Waals surface area contributed by atoms with Crippen molar-refractivity contribution >= 4 is 35.8 Å². The van der Waals surface area contributed by atoms with Gasteiger partial charge in [0.25, 0.3) is 0 Å². The molecule has 1 aromatic heterocycles. The molecule has 1 aromatic carbocycles. The fourth-order valence-electron chi connectivity index (χ4n) is 2.48. The molecule has 8 heteroatoms. The van der Waals surface area contributed by atoms with Crippen molar-refractivity contribution in [3.63, 3.8) is 0 Å². The summed E-state index contributed by atoms with van der Waals surface area (Å²) in [4.78, 5) is 18.6. The predicted octanol–water partition coefficient (Wildman–Crippen LogP) is 2.14. The third kappa shape index (κ3) is 7.98. The number of aryl methyl sites for hydroxylation is 1. The number of amides is 1. The van der Waals surface area contributed by atoms with Crippen molar-refractivity contribution in [3.05, 3.63) is 53.9 Å². The van der Waals surface area contributed by atoms with Crippen LogP contribution < -0.4 is 10.6 Å². The molecule has 0 fully saturated rings. The quantitative estimate of drug-likeness (QED) is 0.342. The zero-order chi connectivity index (χ0) is 18.8. The first-order chi connectivity index (χ1) is 12.6. The van der Waals surface area contributed by atoms with Crippen LogP contribution in [0.4, 0.5) is 0 Å². The number of hydrogen-bond donors (Lipinski definition) is 2. The number of nitrogens with one attached hydrogen (secondary N) is 2. The van der Waals surface area contributed by atoms with Crippen LogP contribution >= 0.6 is 24.0 Å². The van der Waals surface area contributed by atoms with Crippen LogP contribution in [0.5, 0.6) is 0 Å². The SMILES string of the molecule is CCNC(=NCc1ccnn1C)NCCC(=O)N(C)Cc1ccccc1.I. The number of carbonyl (C=O) groups is 1. The molecule has 0 spiro atoms. The zero-order valence-corrected chi connectivity index (χ0v) is 18.5. The van der Waals surface area contributed by atoms with E-state index in [2.05, 4.69) is 20.7 Å². The second-order valence-corrected chi connectivity index (χ2v) is 6.05. The van der Waals surface area contributed by atoms with Gasteiger partial charge in [-0.2, -0.15) is 5.10 Å². The van der Waals surface area contributed by atoms with E-state index in [1.54, 1.807) is 15.8 Å². The van der Waals surface area contributed by atoms with Gasteiger partial charge in [0.1, 0.15) is 0 Å². The highest BCUT2D eigenvalue weighted by atomic mass is 127. The summed E-state index contributed by atoms with van der Waals surface area (Å²) < 4.78 is 1.80. The Bertz CT molecular complexity index is 716. The fraction of sp³-hybridized carbons (Fsp3) is 0.421. The monoisotopic (exact) mass is 484 g/mol. The summed E-state index contributed by atoms with van der Waals surface area (Å²) in [6.07, 6.45) is 2.17. The Hall–Kier alpha value is -2.10. The van der Waals surface area contributed by atoms with E-state index in [0.717, 1.165) is 17.8 Å². The summed E-state index contributed by atoms with van der Waals surface area (Å²) in [6, 6.07) is 11.9. The molecule has 0 unspecified atom stereocenters. The van der Waals surface area contributed by atoms with Crippen molar-refractivity contribution < 1.29 is 4.79 Å². The molecule has 0 saturated carbocycles. The molecular weight excluding hydrogens is 455 g/mol. The van der Waals surface area contributed by atoms with Gasteiger partial charge in [-0.3, -0.25) is 9.48 Å². The number of carbonyl (C=O) groups excluding carboxylic acids is 1. The van der Waals surface area contributed by atoms with Crippen molar-refractivity contribution in [3.8, 4) is 0 Å². The van der Waals surface area contributed by atoms with Crippen molar-refractivity contribution in [2.75, 3.05) is 20.1 Å². The van der Waals surface area contributed by atoms with Gasteiger partial charge in [0, 0.05) is 46.3 Å². The second kappa shape index (κ2) is 12.3. The molecule has 2 aromatic rings. The Labute approximate surface area is 178 Å². The Kier molecular flexibility index (Phi) is 10.5. The van der Waals surface area contributed by atoms with Crippen molar-refractivity contribution in [1.29, 1.82) is 0 Å². The lowest BCUT2D eigenvalue weighted by Crippen LogP contribution is -2.39. The van der Waals surface area contributed by atoms with Crippen LogP contribution in [0.1, 0.15) is 24.6 Å². The van der Waals surface area contributed by atoms with E-state index in [-0.39, 0.29) is 29.9 Å². The average Bonchev–Trinajstić information content (AvgIpc) is 3.05. The summed E-state index contributed by atoms with van der Waals surface area (Å²) in [5.41, 5.74) is 2.16. The summed E-state index contributed by atoms with van der Waals surface area (Å²) in [5, 5.41) is 10.5. The lowest BCUT2D eigenvalue weighted by atomic mass is 10.2. The molecule has 1 heterocycles. The van der Waals surface area contributed by atoms with Gasteiger partial charge >= 0.3 is 0 Å². The van der Waals surface area contributed by atoms with Crippen LogP contribution in [-0.4, -0.2) is 46.7 Å². The minimum atomic E-state index is 0. The maximum atomic E-state index is 12.3. The molecule has 0 atom stereocenters. The van der Waals surface area contributed by atoms with E-state index >= 15 is 0 Å². The number of benzene rings is 1. The minimum absolute atomic E-state index is 0. The van der Waals surface area contributed by atoms with Crippen LogP contribution in [0.3, 0.4) is 0 Å². The number of hydrogen-bond acceptors (Lipinski definition) is 3. The summed E-state index contributed by atoms with van der Waals surface area (Å²) in [5.74, 6) is 0.802. The Morgan fingerprint density at radius 2 is 1.96 bits per heavy atom. The standard InChI is InChI=1S/C19H28N6O.HI/c1-4-20-19(22-14-17-10-13-23-25(17)3)21-12-11-18(26)24(2)15-16-8-6-5-7-9-16;/h5-10,13H,4,11-12,14-15H2,1-3H3,(H2,20,21,22);1H. The van der Waals surface area contributed by atoms with Gasteiger partial charge in [0.05, 0.1) is 12.2 Å². The van der Waals surface area contributed by atoms with Gasteiger partial charge in [-0.1, -0.05) is 30.3 Å². The molecule has 0 radical (unpaired) electrons. The number of aliphatic imine (C=N–C) groups is 1. The maximum absolute atomic E-state index is 12.3. The molecule has 148 valence electrons. The van der Waals surface area contributed by atoms with Crippen LogP contribution in [0.15, 0.2) is 47.6 Å². The van der Waals surface area contributed by atoms with E-state index in [1.165, 1.54) is 0 Å². The number of guanidine groups is 1. The van der Waals surface area contributed by atoms with Gasteiger partial charge in [0.2, 0.25) is 5.91 Å². The maximum Gasteiger partial charge on any atom is 0.224 e. The molecule has 2 N–H and O–H groups in total. The number of nitrogens with zero attached hydrogens (tertiary/aromatic N) is 4. The number of rotatable bonds is 8. The molecule has 0 aliphatic carbocycles. The van der Waals surface area contributed by atoms with Gasteiger partial charge < -0.3 is 15.5 Å². The normalized spacial score (nSPS) is 10.9. The first kappa shape index (κ1) is 22.9. The lowest BCUT2D eigenvalue weighted by Gasteiger charge is -2.18. The van der Waals surface area contributed by atoms with Crippen LogP contribution in [0.25, 0.3) is 0 Å². The third-order valence-electron chi connectivity index (χ3n) is 3.99. The van der Waals surface area contributed by atoms with Gasteiger partial charge in [-0.15, -0.1) is 24.0 Å². The molecule has 1 amide bonds. The first-order valence-electron chi connectivity index (χ1n) is 8.87. The number of aromatic nitrogens is 2. The van der Waals surface area contributed by atoms with Crippen molar-refractivity contribution in [2.24, 2.45) is 12.0 Å². The molecule has 0 aliphatic rings. The summed E-state index contributed by atoms with van der Waals surface area (Å²) in [6.45, 7) is 4.47. The zero-order valence-electron chi connectivity index (χ0n) is 16.2. The smallest absolute Gasteiger partial charge is 0.224 e. The highest BCUT2D eigenvalue weighted by molar-refractivity contribution is 14.0. The Morgan fingerprint density at radius 1 is 1.22 bits per heavy atom. The van der Waals surface area contributed by atoms with Crippen LogP contribution in [0.2, 0.25) is 0 Å². The molecular formula is C19H29IN6O. The van der Waals surface area contributed by atoms with E-state index < -0.39 is 0 Å². The molecule has 0 saturated heterocycles. The molecule has 0 aliphatic heterocycles. The number of halogens is 1. The van der Waals surface area contributed by atoms with Gasteiger partial charge in [0.15, 0.2) is 5.96 Å². The second-order valence-electron chi connectivity index (χ2n) is 6.05. The molecule has 27 heavy (non-hydrogen) atoms. The van der Waals surface area contributed by atoms with E-state index in [0.29, 0.717) is 32.0 Å². The topological polar surface area (TPSA) is 74.5 Å². The van der Waals surface area contributed by atoms with Gasteiger partial charge in [-0.05, 0) is 18.6 Å². The largest absolute Gasteiger partial charge is 0.357 e. The first-order valence-corrected chi connectivity index (χ1v) is 8.87. The molecule has 0 bridgehead atoms. The Morgan fingerprint density at radius 3 is 2.59 bits per heavy atom. The Balaban J connectivity index is 0.00000364. The highest BCUT2D eigenvalue weighted by Crippen LogP contribution is 2.03. The average molecular weight is 484 g/mol. The third-order valence-corrected chi connectivity index (χ3v) is 3.99. The van der Waals surface area contributed by atoms with Crippen molar-refractivity contribution in [2.45, 2.75) is 26.4 Å². The van der Waals surface area contributed by atoms with Crippen LogP contribution in [-0.2, 0) is 24.9 Å². The fourth-order valence-corrected chi connectivity index (χ4v) is 2.48. The molecule has 2 rings (SSSR count). The van der Waals surface area contributed by atoms with Crippen molar-refractivity contribution in [1.82, 2.24) is 25.3 Å². The summed E-state index contributed by atoms with van der Waals surface area (Å²) in [7, 11) is 3.73. The van der Waals surface area contributed by atoms with E-state index in [9.17, 15) is 4.79 Å².